The molecule has 2 rings (SSSR count). The molecule has 1 aliphatic heterocycles. The number of carbonyl (C=O) groups is 1. The van der Waals surface area contributed by atoms with E-state index in [0.29, 0.717) is 24.0 Å². The Hall–Kier alpha value is -1.73. The van der Waals surface area contributed by atoms with Gasteiger partial charge in [-0.3, -0.25) is 4.79 Å². The predicted octanol–water partition coefficient (Wildman–Crippen LogP) is -0.556. The van der Waals surface area contributed by atoms with E-state index < -0.39 is 0 Å². The Morgan fingerprint density at radius 1 is 1.56 bits per heavy atom. The van der Waals surface area contributed by atoms with E-state index in [1.54, 1.807) is 12.1 Å². The van der Waals surface area contributed by atoms with E-state index in [-0.39, 0.29) is 5.91 Å². The van der Waals surface area contributed by atoms with Crippen molar-refractivity contribution in [2.24, 2.45) is 11.8 Å². The second-order valence-electron chi connectivity index (χ2n) is 4.58. The number of carbonyl (C=O) groups excluding carboxylic acids is 1. The predicted molar refractivity (Wildman–Crippen MR) is 67.8 cm³/mol. The van der Waals surface area contributed by atoms with Crippen molar-refractivity contribution in [1.29, 1.82) is 0 Å². The van der Waals surface area contributed by atoms with Crippen molar-refractivity contribution in [3.05, 3.63) is 17.8 Å². The summed E-state index contributed by atoms with van der Waals surface area (Å²) in [6.07, 6.45) is 1.12. The number of hydrogen-bond donors (Lipinski definition) is 3. The van der Waals surface area contributed by atoms with Crippen LogP contribution in [0.4, 0.5) is 5.82 Å². The first-order valence-corrected chi connectivity index (χ1v) is 5.96. The first kappa shape index (κ1) is 12.7. The van der Waals surface area contributed by atoms with Gasteiger partial charge < -0.3 is 15.6 Å². The Bertz CT molecular complexity index is 406. The molecule has 1 atom stereocenters. The summed E-state index contributed by atoms with van der Waals surface area (Å²) >= 11 is 0. The van der Waals surface area contributed by atoms with Gasteiger partial charge in [-0.05, 0) is 38.1 Å². The molecule has 7 heteroatoms. The number of hydrazine groups is 1. The molecule has 7 nitrogen and oxygen atoms in total. The van der Waals surface area contributed by atoms with Crippen LogP contribution in [0.5, 0.6) is 0 Å². The van der Waals surface area contributed by atoms with Crippen LogP contribution in [0, 0.1) is 5.92 Å². The summed E-state index contributed by atoms with van der Waals surface area (Å²) in [5, 5.41) is 10.4. The molecule has 0 aromatic carbocycles. The zero-order valence-electron chi connectivity index (χ0n) is 10.4. The monoisotopic (exact) mass is 250 g/mol. The Morgan fingerprint density at radius 3 is 2.94 bits per heavy atom. The molecular formula is C11H18N6O. The molecule has 1 aromatic rings. The molecule has 0 bridgehead atoms. The lowest BCUT2D eigenvalue weighted by atomic mass is 10.1. The minimum Gasteiger partial charge on any atom is -0.350 e. The van der Waals surface area contributed by atoms with Gasteiger partial charge in [0, 0.05) is 13.1 Å². The van der Waals surface area contributed by atoms with Crippen LogP contribution in [0.1, 0.15) is 16.9 Å². The highest BCUT2D eigenvalue weighted by molar-refractivity contribution is 5.92. The van der Waals surface area contributed by atoms with Gasteiger partial charge in [0.1, 0.15) is 0 Å². The summed E-state index contributed by atoms with van der Waals surface area (Å²) in [7, 11) is 2.09. The zero-order chi connectivity index (χ0) is 13.0. The number of rotatable bonds is 4. The average molecular weight is 250 g/mol. The van der Waals surface area contributed by atoms with Crippen molar-refractivity contribution < 1.29 is 4.79 Å². The molecule has 0 aliphatic carbocycles. The van der Waals surface area contributed by atoms with Gasteiger partial charge in [0.15, 0.2) is 11.5 Å². The van der Waals surface area contributed by atoms with Crippen LogP contribution in [0.3, 0.4) is 0 Å². The maximum absolute atomic E-state index is 11.8. The van der Waals surface area contributed by atoms with Crippen molar-refractivity contribution in [2.75, 3.05) is 32.1 Å². The molecule has 98 valence electrons. The molecule has 1 unspecified atom stereocenters. The molecule has 1 amide bonds. The fourth-order valence-electron chi connectivity index (χ4n) is 2.05. The van der Waals surface area contributed by atoms with E-state index in [4.69, 9.17) is 5.84 Å². The van der Waals surface area contributed by atoms with E-state index >= 15 is 0 Å². The topological polar surface area (TPSA) is 96.2 Å². The SMILES string of the molecule is CN1CCC(CNC(=O)c2ccc(NN)nn2)C1. The van der Waals surface area contributed by atoms with Crippen LogP contribution in [0.2, 0.25) is 0 Å². The Kier molecular flexibility index (Phi) is 4.06. The van der Waals surface area contributed by atoms with E-state index in [1.807, 2.05) is 0 Å². The fourth-order valence-corrected chi connectivity index (χ4v) is 2.05. The number of nitrogens with two attached hydrogens (primary N) is 1. The van der Waals surface area contributed by atoms with Crippen molar-refractivity contribution in [3.8, 4) is 0 Å². The number of hydrogen-bond acceptors (Lipinski definition) is 6. The number of nitrogens with one attached hydrogen (secondary N) is 2. The third-order valence-electron chi connectivity index (χ3n) is 3.09. The fraction of sp³-hybridized carbons (Fsp3) is 0.545. The molecule has 0 spiro atoms. The first-order valence-electron chi connectivity index (χ1n) is 5.96. The minimum absolute atomic E-state index is 0.194. The van der Waals surface area contributed by atoms with Crippen LogP contribution in [-0.2, 0) is 0 Å². The van der Waals surface area contributed by atoms with Crippen molar-refractivity contribution in [2.45, 2.75) is 6.42 Å². The van der Waals surface area contributed by atoms with Crippen molar-refractivity contribution in [3.63, 3.8) is 0 Å². The molecule has 0 radical (unpaired) electrons. The summed E-state index contributed by atoms with van der Waals surface area (Å²) < 4.78 is 0. The second kappa shape index (κ2) is 5.74. The normalized spacial score (nSPS) is 19.8. The molecule has 1 saturated heterocycles. The molecule has 1 aliphatic rings. The number of anilines is 1. The van der Waals surface area contributed by atoms with Gasteiger partial charge in [-0.2, -0.15) is 0 Å². The van der Waals surface area contributed by atoms with Crippen molar-refractivity contribution >= 4 is 11.7 Å². The Labute approximate surface area is 106 Å². The third kappa shape index (κ3) is 3.14. The van der Waals surface area contributed by atoms with Gasteiger partial charge in [-0.15, -0.1) is 10.2 Å². The lowest BCUT2D eigenvalue weighted by Crippen LogP contribution is -2.31. The largest absolute Gasteiger partial charge is 0.350 e. The Balaban J connectivity index is 1.83. The van der Waals surface area contributed by atoms with Crippen LogP contribution in [-0.4, -0.2) is 47.7 Å². The van der Waals surface area contributed by atoms with E-state index in [2.05, 4.69) is 32.9 Å². The lowest BCUT2D eigenvalue weighted by molar-refractivity contribution is 0.0941. The van der Waals surface area contributed by atoms with Gasteiger partial charge in [-0.25, -0.2) is 5.84 Å². The second-order valence-corrected chi connectivity index (χ2v) is 4.58. The molecule has 4 N–H and O–H groups in total. The van der Waals surface area contributed by atoms with Gasteiger partial charge >= 0.3 is 0 Å². The molecule has 18 heavy (non-hydrogen) atoms. The van der Waals surface area contributed by atoms with Crippen molar-refractivity contribution in [1.82, 2.24) is 20.4 Å². The maximum atomic E-state index is 11.8. The number of likely N-dealkylation sites (tertiary alicyclic amines) is 1. The molecular weight excluding hydrogens is 232 g/mol. The average Bonchev–Trinajstić information content (AvgIpc) is 2.82. The number of nitrogens with zero attached hydrogens (tertiary/aromatic N) is 3. The lowest BCUT2D eigenvalue weighted by Gasteiger charge is -2.11. The van der Waals surface area contributed by atoms with Crippen LogP contribution < -0.4 is 16.6 Å². The van der Waals surface area contributed by atoms with Crippen LogP contribution in [0.25, 0.3) is 0 Å². The molecule has 1 fully saturated rings. The standard InChI is InChI=1S/C11H18N6O/c1-17-5-4-8(7-17)6-13-11(18)9-2-3-10(14-12)16-15-9/h2-3,8H,4-7,12H2,1H3,(H,13,18)(H,14,16). The number of amides is 1. The highest BCUT2D eigenvalue weighted by Gasteiger charge is 2.20. The van der Waals surface area contributed by atoms with Gasteiger partial charge in [-0.1, -0.05) is 0 Å². The number of nitrogen functional groups attached to an aromatic ring is 1. The summed E-state index contributed by atoms with van der Waals surface area (Å²) in [6.45, 7) is 2.81. The molecule has 1 aromatic heterocycles. The zero-order valence-corrected chi connectivity index (χ0v) is 10.4. The first-order chi connectivity index (χ1) is 8.69. The third-order valence-corrected chi connectivity index (χ3v) is 3.09. The van der Waals surface area contributed by atoms with Crippen LogP contribution in [0.15, 0.2) is 12.1 Å². The highest BCUT2D eigenvalue weighted by atomic mass is 16.1. The molecule has 2 heterocycles. The van der Waals surface area contributed by atoms with Gasteiger partial charge in [0.25, 0.3) is 5.91 Å². The Morgan fingerprint density at radius 2 is 2.39 bits per heavy atom. The summed E-state index contributed by atoms with van der Waals surface area (Å²) in [6, 6.07) is 3.21. The highest BCUT2D eigenvalue weighted by Crippen LogP contribution is 2.12. The maximum Gasteiger partial charge on any atom is 0.271 e. The summed E-state index contributed by atoms with van der Waals surface area (Å²) in [5.41, 5.74) is 2.67. The van der Waals surface area contributed by atoms with Gasteiger partial charge in [0.05, 0.1) is 0 Å². The minimum atomic E-state index is -0.194. The smallest absolute Gasteiger partial charge is 0.271 e. The summed E-state index contributed by atoms with van der Waals surface area (Å²) in [5.74, 6) is 5.94. The van der Waals surface area contributed by atoms with Gasteiger partial charge in [0.2, 0.25) is 0 Å². The van der Waals surface area contributed by atoms with Crippen LogP contribution >= 0.6 is 0 Å². The van der Waals surface area contributed by atoms with E-state index in [0.717, 1.165) is 19.5 Å². The number of aromatic nitrogens is 2. The molecule has 0 saturated carbocycles. The summed E-state index contributed by atoms with van der Waals surface area (Å²) in [4.78, 5) is 14.1. The quantitative estimate of drug-likeness (QED) is 0.490. The van der Waals surface area contributed by atoms with E-state index in [9.17, 15) is 4.79 Å². The van der Waals surface area contributed by atoms with E-state index in [1.165, 1.54) is 0 Å².